The molecule has 0 saturated heterocycles. The van der Waals surface area contributed by atoms with Crippen molar-refractivity contribution in [1.82, 2.24) is 9.97 Å². The maximum absolute atomic E-state index is 11.1. The zero-order valence-electron chi connectivity index (χ0n) is 9.33. The Balaban J connectivity index is 0.000000245. The first-order valence-electron chi connectivity index (χ1n) is 5.12. The van der Waals surface area contributed by atoms with Gasteiger partial charge in [0.25, 0.3) is 5.56 Å². The number of hydrogen-bond acceptors (Lipinski definition) is 3. The summed E-state index contributed by atoms with van der Waals surface area (Å²) < 4.78 is 0. The van der Waals surface area contributed by atoms with Crippen molar-refractivity contribution in [2.45, 2.75) is 33.6 Å². The van der Waals surface area contributed by atoms with Crippen molar-refractivity contribution in [3.05, 3.63) is 27.6 Å². The standard InChI is InChI=1S/C7H6N2OS.C4H10/c1-4-2-5-6(10)8-3-9-7(5)11-4;1-3-4-2/h2-3H,1H3,(H,8,9,10);3-4H2,1-2H3. The van der Waals surface area contributed by atoms with Gasteiger partial charge in [-0.2, -0.15) is 0 Å². The van der Waals surface area contributed by atoms with E-state index in [9.17, 15) is 4.79 Å². The van der Waals surface area contributed by atoms with Gasteiger partial charge in [0, 0.05) is 4.88 Å². The molecule has 2 aromatic rings. The monoisotopic (exact) mass is 224 g/mol. The lowest BCUT2D eigenvalue weighted by Gasteiger charge is -1.82. The molecule has 0 fully saturated rings. The second-order valence-electron chi connectivity index (χ2n) is 3.31. The Labute approximate surface area is 93.2 Å². The summed E-state index contributed by atoms with van der Waals surface area (Å²) in [5.41, 5.74) is -0.0562. The minimum absolute atomic E-state index is 0.0562. The Bertz CT molecular complexity index is 471. The highest BCUT2D eigenvalue weighted by molar-refractivity contribution is 7.18. The van der Waals surface area contributed by atoms with Crippen LogP contribution >= 0.6 is 11.3 Å². The summed E-state index contributed by atoms with van der Waals surface area (Å²) >= 11 is 1.54. The van der Waals surface area contributed by atoms with E-state index in [4.69, 9.17) is 0 Å². The summed E-state index contributed by atoms with van der Waals surface area (Å²) in [6.07, 6.45) is 4.07. The van der Waals surface area contributed by atoms with E-state index < -0.39 is 0 Å². The summed E-state index contributed by atoms with van der Waals surface area (Å²) in [7, 11) is 0. The zero-order chi connectivity index (χ0) is 11.3. The van der Waals surface area contributed by atoms with Gasteiger partial charge >= 0.3 is 0 Å². The van der Waals surface area contributed by atoms with Crippen molar-refractivity contribution >= 4 is 21.6 Å². The minimum atomic E-state index is -0.0562. The number of aromatic amines is 1. The van der Waals surface area contributed by atoms with E-state index in [0.717, 1.165) is 9.71 Å². The number of aromatic nitrogens is 2. The van der Waals surface area contributed by atoms with Crippen molar-refractivity contribution in [2.75, 3.05) is 0 Å². The Morgan fingerprint density at radius 3 is 2.60 bits per heavy atom. The summed E-state index contributed by atoms with van der Waals surface area (Å²) in [5, 5.41) is 0.690. The lowest BCUT2D eigenvalue weighted by Crippen LogP contribution is -2.03. The molecular formula is C11H16N2OS. The average Bonchev–Trinajstić information content (AvgIpc) is 2.61. The van der Waals surface area contributed by atoms with Crippen LogP contribution in [0.3, 0.4) is 0 Å². The van der Waals surface area contributed by atoms with E-state index in [2.05, 4.69) is 23.8 Å². The van der Waals surface area contributed by atoms with Gasteiger partial charge in [-0.15, -0.1) is 11.3 Å². The summed E-state index contributed by atoms with van der Waals surface area (Å²) in [4.78, 5) is 19.6. The molecule has 1 N–H and O–H groups in total. The second-order valence-corrected chi connectivity index (χ2v) is 4.54. The molecule has 0 aromatic carbocycles. The number of hydrogen-bond donors (Lipinski definition) is 1. The third-order valence-electron chi connectivity index (χ3n) is 1.96. The van der Waals surface area contributed by atoms with Gasteiger partial charge in [-0.25, -0.2) is 4.98 Å². The van der Waals surface area contributed by atoms with Gasteiger partial charge in [0.2, 0.25) is 0 Å². The summed E-state index contributed by atoms with van der Waals surface area (Å²) in [6.45, 7) is 6.33. The Kier molecular flexibility index (Phi) is 4.49. The lowest BCUT2D eigenvalue weighted by atomic mass is 10.4. The molecule has 82 valence electrons. The van der Waals surface area contributed by atoms with Crippen LogP contribution in [-0.4, -0.2) is 9.97 Å². The van der Waals surface area contributed by atoms with Crippen LogP contribution in [0.25, 0.3) is 10.2 Å². The van der Waals surface area contributed by atoms with Gasteiger partial charge in [0.1, 0.15) is 4.83 Å². The molecule has 4 heteroatoms. The Morgan fingerprint density at radius 2 is 2.07 bits per heavy atom. The number of unbranched alkanes of at least 4 members (excludes halogenated alkanes) is 1. The van der Waals surface area contributed by atoms with Crippen LogP contribution in [0, 0.1) is 6.92 Å². The fraction of sp³-hybridized carbons (Fsp3) is 0.455. The van der Waals surface area contributed by atoms with E-state index in [0.29, 0.717) is 5.39 Å². The maximum atomic E-state index is 11.1. The van der Waals surface area contributed by atoms with Crippen molar-refractivity contribution in [2.24, 2.45) is 0 Å². The molecule has 0 saturated carbocycles. The quantitative estimate of drug-likeness (QED) is 0.809. The highest BCUT2D eigenvalue weighted by Gasteiger charge is 2.01. The number of aryl methyl sites for hydroxylation is 1. The smallest absolute Gasteiger partial charge is 0.259 e. The minimum Gasteiger partial charge on any atom is -0.313 e. The molecule has 0 aliphatic heterocycles. The van der Waals surface area contributed by atoms with E-state index in [-0.39, 0.29) is 5.56 Å². The molecule has 2 heterocycles. The van der Waals surface area contributed by atoms with Crippen LogP contribution < -0.4 is 5.56 Å². The Hall–Kier alpha value is -1.16. The van der Waals surface area contributed by atoms with Crippen LogP contribution in [0.5, 0.6) is 0 Å². The molecule has 0 aliphatic rings. The van der Waals surface area contributed by atoms with Crippen LogP contribution in [0.1, 0.15) is 31.6 Å². The van der Waals surface area contributed by atoms with E-state index >= 15 is 0 Å². The molecule has 3 nitrogen and oxygen atoms in total. The van der Waals surface area contributed by atoms with E-state index in [1.807, 2.05) is 13.0 Å². The molecular weight excluding hydrogens is 208 g/mol. The summed E-state index contributed by atoms with van der Waals surface area (Å²) in [5.74, 6) is 0. The number of thiophene rings is 1. The maximum Gasteiger partial charge on any atom is 0.259 e. The number of nitrogens with one attached hydrogen (secondary N) is 1. The molecule has 2 aromatic heterocycles. The first kappa shape index (κ1) is 11.9. The van der Waals surface area contributed by atoms with Crippen molar-refractivity contribution in [3.8, 4) is 0 Å². The number of nitrogens with zero attached hydrogens (tertiary/aromatic N) is 1. The van der Waals surface area contributed by atoms with Gasteiger partial charge in [-0.05, 0) is 13.0 Å². The normalized spacial score (nSPS) is 9.80. The van der Waals surface area contributed by atoms with Crippen LogP contribution in [-0.2, 0) is 0 Å². The van der Waals surface area contributed by atoms with Crippen LogP contribution in [0.4, 0.5) is 0 Å². The van der Waals surface area contributed by atoms with Crippen LogP contribution in [0.15, 0.2) is 17.2 Å². The third-order valence-corrected chi connectivity index (χ3v) is 2.92. The first-order chi connectivity index (χ1) is 7.19. The summed E-state index contributed by atoms with van der Waals surface area (Å²) in [6, 6.07) is 1.85. The zero-order valence-corrected chi connectivity index (χ0v) is 10.1. The van der Waals surface area contributed by atoms with Gasteiger partial charge in [0.05, 0.1) is 11.7 Å². The molecule has 0 spiro atoms. The van der Waals surface area contributed by atoms with Gasteiger partial charge < -0.3 is 4.98 Å². The molecule has 0 unspecified atom stereocenters. The van der Waals surface area contributed by atoms with Crippen molar-refractivity contribution in [1.29, 1.82) is 0 Å². The molecule has 2 rings (SSSR count). The molecule has 0 amide bonds. The fourth-order valence-corrected chi connectivity index (χ4v) is 1.84. The SMILES string of the molecule is CCCC.Cc1cc2c(=O)[nH]cnc2s1. The van der Waals surface area contributed by atoms with Crippen molar-refractivity contribution < 1.29 is 0 Å². The predicted octanol–water partition coefficient (Wildman–Crippen LogP) is 3.10. The topological polar surface area (TPSA) is 45.8 Å². The second kappa shape index (κ2) is 5.66. The molecule has 0 bridgehead atoms. The first-order valence-corrected chi connectivity index (χ1v) is 5.94. The number of H-pyrrole nitrogens is 1. The van der Waals surface area contributed by atoms with Gasteiger partial charge in [-0.3, -0.25) is 4.79 Å². The largest absolute Gasteiger partial charge is 0.313 e. The number of rotatable bonds is 1. The molecule has 0 aliphatic carbocycles. The fourth-order valence-electron chi connectivity index (χ4n) is 0.988. The third kappa shape index (κ3) is 3.16. The average molecular weight is 224 g/mol. The Morgan fingerprint density at radius 1 is 1.40 bits per heavy atom. The molecule has 0 atom stereocenters. The van der Waals surface area contributed by atoms with Crippen molar-refractivity contribution in [3.63, 3.8) is 0 Å². The molecule has 15 heavy (non-hydrogen) atoms. The number of fused-ring (bicyclic) bond motifs is 1. The molecule has 0 radical (unpaired) electrons. The lowest BCUT2D eigenvalue weighted by molar-refractivity contribution is 0.886. The van der Waals surface area contributed by atoms with Crippen LogP contribution in [0.2, 0.25) is 0 Å². The van der Waals surface area contributed by atoms with Gasteiger partial charge in [0.15, 0.2) is 0 Å². The van der Waals surface area contributed by atoms with Gasteiger partial charge in [-0.1, -0.05) is 26.7 Å². The highest BCUT2D eigenvalue weighted by Crippen LogP contribution is 2.18. The predicted molar refractivity (Wildman–Crippen MR) is 65.6 cm³/mol. The van der Waals surface area contributed by atoms with E-state index in [1.165, 1.54) is 30.5 Å². The highest BCUT2D eigenvalue weighted by atomic mass is 32.1. The van der Waals surface area contributed by atoms with E-state index in [1.54, 1.807) is 0 Å².